The van der Waals surface area contributed by atoms with Gasteiger partial charge in [-0.25, -0.2) is 4.79 Å². The average Bonchev–Trinajstić information content (AvgIpc) is 2.91. The molecule has 210 valence electrons. The molecule has 0 fully saturated rings. The highest BCUT2D eigenvalue weighted by Crippen LogP contribution is 2.46. The van der Waals surface area contributed by atoms with Crippen molar-refractivity contribution in [2.24, 2.45) is 0 Å². The first-order valence-corrected chi connectivity index (χ1v) is 14.5. The zero-order valence-corrected chi connectivity index (χ0v) is 26.2. The Kier molecular flexibility index (Phi) is 11.9. The molecule has 0 atom stereocenters. The van der Waals surface area contributed by atoms with Crippen LogP contribution < -0.4 is 0 Å². The van der Waals surface area contributed by atoms with Gasteiger partial charge in [0.05, 0.1) is 12.5 Å². The van der Waals surface area contributed by atoms with Crippen LogP contribution in [0.25, 0.3) is 0 Å². The second-order valence-electron chi connectivity index (χ2n) is 8.52. The van der Waals surface area contributed by atoms with Gasteiger partial charge in [0.25, 0.3) is 0 Å². The molecule has 10 heteroatoms. The first-order chi connectivity index (χ1) is 18.9. The molecule has 0 bridgehead atoms. The summed E-state index contributed by atoms with van der Waals surface area (Å²) in [5.41, 5.74) is 0.629. The topological polar surface area (TPSA) is 46.5 Å². The first-order valence-electron chi connectivity index (χ1n) is 11.9. The van der Waals surface area contributed by atoms with Gasteiger partial charge in [0.1, 0.15) is 0 Å². The van der Waals surface area contributed by atoms with Gasteiger partial charge in [0.15, 0.2) is 0 Å². The maximum Gasteiger partial charge on any atom is 0.347 e. The van der Waals surface area contributed by atoms with Crippen LogP contribution in [0.5, 0.6) is 0 Å². The van der Waals surface area contributed by atoms with Crippen LogP contribution in [0.3, 0.4) is 0 Å². The van der Waals surface area contributed by atoms with Crippen LogP contribution in [0, 0.1) is 0 Å². The molecule has 4 aromatic rings. The van der Waals surface area contributed by atoms with E-state index in [9.17, 15) is 9.90 Å². The predicted molar refractivity (Wildman–Crippen MR) is 168 cm³/mol. The molecule has 3 nitrogen and oxygen atoms in total. The third kappa shape index (κ3) is 8.44. The predicted octanol–water partition coefficient (Wildman–Crippen LogP) is 10.3. The van der Waals surface area contributed by atoms with Gasteiger partial charge < -0.3 is 9.84 Å². The summed E-state index contributed by atoms with van der Waals surface area (Å²) in [5, 5.41) is 13.3. The molecule has 0 amide bonds. The summed E-state index contributed by atoms with van der Waals surface area (Å²) in [6.45, 7) is 1.85. The van der Waals surface area contributed by atoms with Crippen LogP contribution in [-0.2, 0) is 15.1 Å². The maximum absolute atomic E-state index is 12.3. The lowest BCUT2D eigenvalue weighted by atomic mass is 9.86. The number of rotatable bonds is 6. The fraction of sp³-hybridized carbons (Fsp3) is 0.167. The van der Waals surface area contributed by atoms with Crippen LogP contribution >= 0.6 is 81.2 Å². The Bertz CT molecular complexity index is 1290. The van der Waals surface area contributed by atoms with E-state index in [1.54, 1.807) is 79.7 Å². The van der Waals surface area contributed by atoms with E-state index in [4.69, 9.17) is 85.9 Å². The Balaban J connectivity index is 0.000000222. The van der Waals surface area contributed by atoms with Gasteiger partial charge in [-0.1, -0.05) is 130 Å². The van der Waals surface area contributed by atoms with Crippen molar-refractivity contribution in [2.75, 3.05) is 6.61 Å². The molecule has 0 aromatic heterocycles. The van der Waals surface area contributed by atoms with Crippen molar-refractivity contribution in [2.45, 2.75) is 22.2 Å². The highest BCUT2D eigenvalue weighted by molar-refractivity contribution is 6.68. The van der Waals surface area contributed by atoms with Gasteiger partial charge in [-0.3, -0.25) is 0 Å². The Labute approximate surface area is 268 Å². The van der Waals surface area contributed by atoms with E-state index in [1.165, 1.54) is 0 Å². The molecule has 0 unspecified atom stereocenters. The maximum atomic E-state index is 12.3. The molecule has 0 saturated carbocycles. The first kappa shape index (κ1) is 32.8. The highest BCUT2D eigenvalue weighted by atomic mass is 35.6. The number of ether oxygens (including phenoxy) is 1. The van der Waals surface area contributed by atoms with Crippen LogP contribution in [0.2, 0.25) is 20.1 Å². The van der Waals surface area contributed by atoms with Crippen molar-refractivity contribution in [3.05, 3.63) is 139 Å². The summed E-state index contributed by atoms with van der Waals surface area (Å²) in [6.07, 6.45) is 0. The summed E-state index contributed by atoms with van der Waals surface area (Å²) in [5.74, 6) is -1.12. The fourth-order valence-electron chi connectivity index (χ4n) is 3.90. The molecule has 0 heterocycles. The van der Waals surface area contributed by atoms with Crippen LogP contribution in [-0.4, -0.2) is 21.5 Å². The summed E-state index contributed by atoms with van der Waals surface area (Å²) >= 11 is 41.8. The van der Waals surface area contributed by atoms with Gasteiger partial charge in [0.2, 0.25) is 9.39 Å². The van der Waals surface area contributed by atoms with Crippen molar-refractivity contribution in [1.82, 2.24) is 0 Å². The van der Waals surface area contributed by atoms with Gasteiger partial charge in [-0.2, -0.15) is 0 Å². The minimum absolute atomic E-state index is 0.169. The lowest BCUT2D eigenvalue weighted by molar-refractivity contribution is -0.161. The minimum atomic E-state index is -1.90. The Morgan fingerprint density at radius 3 is 1.23 bits per heavy atom. The van der Waals surface area contributed by atoms with E-state index in [0.29, 0.717) is 31.2 Å². The summed E-state index contributed by atoms with van der Waals surface area (Å²) < 4.78 is 3.56. The Hall–Kier alpha value is -1.66. The number of alkyl halides is 3. The average molecular weight is 680 g/mol. The number of esters is 1. The molecule has 0 aliphatic heterocycles. The van der Waals surface area contributed by atoms with Crippen molar-refractivity contribution < 1.29 is 14.6 Å². The van der Waals surface area contributed by atoms with Crippen molar-refractivity contribution in [3.8, 4) is 0 Å². The van der Waals surface area contributed by atoms with Gasteiger partial charge in [0, 0.05) is 20.1 Å². The van der Waals surface area contributed by atoms with E-state index in [1.807, 2.05) is 24.3 Å². The molecule has 0 spiro atoms. The third-order valence-electron chi connectivity index (χ3n) is 5.83. The molecular weight excluding hydrogens is 656 g/mol. The lowest BCUT2D eigenvalue weighted by Gasteiger charge is -2.27. The summed E-state index contributed by atoms with van der Waals surface area (Å²) in [7, 11) is 0. The van der Waals surface area contributed by atoms with Crippen LogP contribution in [0.4, 0.5) is 0 Å². The largest absolute Gasteiger partial charge is 0.463 e. The third-order valence-corrected chi connectivity index (χ3v) is 7.49. The standard InChI is InChI=1S/C16H14Cl2O3.C14H9Cl5/c1-2-21-15(19)16(20,11-3-7-13(17)8-4-11)12-5-9-14(18)10-6-12;15-11-5-1-9(2-6-11)13(14(17,18)19)10-3-7-12(16)8-4-10/h3-10,20H,2H2,1H3;1-8,13H. The van der Waals surface area contributed by atoms with E-state index in [0.717, 1.165) is 11.1 Å². The van der Waals surface area contributed by atoms with Crippen molar-refractivity contribution in [3.63, 3.8) is 0 Å². The molecule has 0 aliphatic carbocycles. The second-order valence-corrected chi connectivity index (χ2v) is 12.6. The monoisotopic (exact) mass is 676 g/mol. The number of benzene rings is 4. The van der Waals surface area contributed by atoms with Crippen molar-refractivity contribution in [1.29, 1.82) is 0 Å². The smallest absolute Gasteiger partial charge is 0.347 e. The zero-order valence-electron chi connectivity index (χ0n) is 20.9. The second kappa shape index (κ2) is 14.5. The molecule has 0 radical (unpaired) electrons. The SMILES string of the molecule is CCOC(=O)C(O)(c1ccc(Cl)cc1)c1ccc(Cl)cc1.Clc1ccc(C(c2ccc(Cl)cc2)C(Cl)(Cl)Cl)cc1. The van der Waals surface area contributed by atoms with Gasteiger partial charge in [-0.05, 0) is 77.7 Å². The summed E-state index contributed by atoms with van der Waals surface area (Å²) in [6, 6.07) is 27.3. The van der Waals surface area contributed by atoms with Crippen molar-refractivity contribution >= 4 is 87.2 Å². The molecule has 0 saturated heterocycles. The summed E-state index contributed by atoms with van der Waals surface area (Å²) in [4.78, 5) is 12.3. The lowest BCUT2D eigenvalue weighted by Crippen LogP contribution is -2.38. The number of carbonyl (C=O) groups is 1. The van der Waals surface area contributed by atoms with Gasteiger partial charge >= 0.3 is 5.97 Å². The Morgan fingerprint density at radius 2 is 0.950 bits per heavy atom. The fourth-order valence-corrected chi connectivity index (χ4v) is 5.16. The van der Waals surface area contributed by atoms with E-state index >= 15 is 0 Å². The van der Waals surface area contributed by atoms with Crippen LogP contribution in [0.1, 0.15) is 35.1 Å². The molecule has 0 aliphatic rings. The number of aliphatic hydroxyl groups is 1. The minimum Gasteiger partial charge on any atom is -0.463 e. The highest BCUT2D eigenvalue weighted by Gasteiger charge is 2.41. The Morgan fingerprint density at radius 1 is 0.650 bits per heavy atom. The normalized spacial score (nSPS) is 11.6. The molecule has 4 rings (SSSR count). The number of hydrogen-bond donors (Lipinski definition) is 1. The van der Waals surface area contributed by atoms with E-state index < -0.39 is 15.4 Å². The molecular formula is C30H23Cl7O3. The van der Waals surface area contributed by atoms with E-state index in [2.05, 4.69) is 0 Å². The van der Waals surface area contributed by atoms with E-state index in [-0.39, 0.29) is 12.5 Å². The van der Waals surface area contributed by atoms with Gasteiger partial charge in [-0.15, -0.1) is 0 Å². The zero-order chi connectivity index (χ0) is 29.5. The number of halogens is 7. The molecule has 4 aromatic carbocycles. The quantitative estimate of drug-likeness (QED) is 0.163. The number of carbonyl (C=O) groups excluding carboxylic acids is 1. The molecule has 40 heavy (non-hydrogen) atoms. The van der Waals surface area contributed by atoms with Crippen LogP contribution in [0.15, 0.2) is 97.1 Å². The number of hydrogen-bond acceptors (Lipinski definition) is 3. The molecule has 1 N–H and O–H groups in total.